The number of methoxy groups -OCH3 is 1. The molecule has 0 unspecified atom stereocenters. The van der Waals surface area contributed by atoms with E-state index >= 15 is 0 Å². The van der Waals surface area contributed by atoms with Crippen molar-refractivity contribution in [1.82, 2.24) is 0 Å². The Kier molecular flexibility index (Phi) is 10.4. The quantitative estimate of drug-likeness (QED) is 0.301. The molecule has 0 aliphatic carbocycles. The fraction of sp³-hybridized carbons (Fsp3) is 0.972. The monoisotopic (exact) mass is 654 g/mol. The lowest BCUT2D eigenvalue weighted by Crippen LogP contribution is -2.57. The molecular weight excluding hydrogens is 592 g/mol. The number of hydrogen-bond acceptors (Lipinski definition) is 9. The molecule has 0 bridgehead atoms. The standard InChI is InChI=1S/C36H62O10/c1-11-35(31-20(3)17-26(42-31)28-19(2)16-21(4)34(9,40)44-28)13-12-27(43-35)33(8)14-15-36(46-33)18-25(37)22(5)30(45-36)23(6)29(41-10)24(7)32(38)39/h19-31,37,40H,11-18H2,1-10H3,(H,38,39)/t19-,20-,21+,22+,23-,24-,25-,26+,27-,28-,29-,30-,31+,33-,34-,35+,36+/m0/s1. The molecule has 5 fully saturated rings. The Hall–Kier alpha value is -0.850. The summed E-state index contributed by atoms with van der Waals surface area (Å²) in [6.45, 7) is 18.1. The molecule has 5 aliphatic rings. The highest BCUT2D eigenvalue weighted by Crippen LogP contribution is 2.55. The van der Waals surface area contributed by atoms with Crippen molar-refractivity contribution < 1.29 is 48.5 Å². The summed E-state index contributed by atoms with van der Waals surface area (Å²) in [7, 11) is 1.53. The summed E-state index contributed by atoms with van der Waals surface area (Å²) in [5.41, 5.74) is -1.07. The first-order valence-corrected chi connectivity index (χ1v) is 18.0. The zero-order valence-electron chi connectivity index (χ0n) is 29.9. The lowest BCUT2D eigenvalue weighted by Gasteiger charge is -2.49. The van der Waals surface area contributed by atoms with Crippen molar-refractivity contribution in [2.24, 2.45) is 35.5 Å². The summed E-state index contributed by atoms with van der Waals surface area (Å²) < 4.78 is 39.6. The lowest BCUT2D eigenvalue weighted by molar-refractivity contribution is -0.335. The molecule has 266 valence electrons. The maximum atomic E-state index is 11.8. The van der Waals surface area contributed by atoms with Crippen molar-refractivity contribution >= 4 is 5.97 Å². The molecule has 0 aromatic heterocycles. The van der Waals surface area contributed by atoms with Gasteiger partial charge in [-0.15, -0.1) is 0 Å². The normalized spacial score (nSPS) is 51.7. The number of carboxylic acids is 1. The van der Waals surface area contributed by atoms with E-state index in [1.54, 1.807) is 13.8 Å². The molecule has 0 amide bonds. The van der Waals surface area contributed by atoms with Crippen LogP contribution in [0.4, 0.5) is 0 Å². The second-order valence-electron chi connectivity index (χ2n) is 16.3. The minimum Gasteiger partial charge on any atom is -0.481 e. The lowest BCUT2D eigenvalue weighted by atomic mass is 9.78. The van der Waals surface area contributed by atoms with E-state index in [4.69, 9.17) is 28.4 Å². The molecule has 5 rings (SSSR count). The number of aliphatic hydroxyl groups is 2. The van der Waals surface area contributed by atoms with Crippen LogP contribution in [-0.2, 0) is 33.2 Å². The SMILES string of the molecule is CC[C@]1([C@@H]2O[C@@H]([C@H]3O[C@](C)(O)[C@H](C)C[C@@H]3C)C[C@@H]2C)CC[C@@H]([C@]2(C)CC[C@]3(C[C@H](O)[C@@H](C)[C@@H]([C@@H](C)[C@H](OC)[C@H](C)C(=O)O)O3)O2)O1. The number of rotatable bonds is 9. The maximum absolute atomic E-state index is 11.8. The predicted octanol–water partition coefficient (Wildman–Crippen LogP) is 5.30. The first-order valence-electron chi connectivity index (χ1n) is 18.0. The van der Waals surface area contributed by atoms with Crippen molar-refractivity contribution in [2.75, 3.05) is 7.11 Å². The number of aliphatic hydroxyl groups excluding tert-OH is 1. The number of carboxylic acid groups (broad SMARTS) is 1. The average molecular weight is 655 g/mol. The summed E-state index contributed by atoms with van der Waals surface area (Å²) in [5.74, 6) is -3.64. The van der Waals surface area contributed by atoms with Gasteiger partial charge in [0, 0.05) is 37.7 Å². The van der Waals surface area contributed by atoms with Crippen LogP contribution < -0.4 is 0 Å². The molecule has 0 aromatic carbocycles. The van der Waals surface area contributed by atoms with Gasteiger partial charge in [0.25, 0.3) is 0 Å². The molecule has 3 N–H and O–H groups in total. The minimum atomic E-state index is -1.16. The van der Waals surface area contributed by atoms with Crippen LogP contribution in [0.1, 0.15) is 114 Å². The van der Waals surface area contributed by atoms with E-state index in [0.29, 0.717) is 12.8 Å². The van der Waals surface area contributed by atoms with E-state index in [2.05, 4.69) is 27.7 Å². The maximum Gasteiger partial charge on any atom is 0.308 e. The van der Waals surface area contributed by atoms with Gasteiger partial charge in [-0.2, -0.15) is 0 Å². The molecule has 0 saturated carbocycles. The zero-order valence-corrected chi connectivity index (χ0v) is 29.9. The Morgan fingerprint density at radius 2 is 1.70 bits per heavy atom. The van der Waals surface area contributed by atoms with Gasteiger partial charge < -0.3 is 43.7 Å². The van der Waals surface area contributed by atoms with E-state index in [1.165, 1.54) is 7.11 Å². The Balaban J connectivity index is 1.29. The molecule has 0 radical (unpaired) electrons. The third-order valence-electron chi connectivity index (χ3n) is 13.0. The van der Waals surface area contributed by atoms with Crippen molar-refractivity contribution in [2.45, 2.75) is 179 Å². The van der Waals surface area contributed by atoms with Crippen LogP contribution in [0.5, 0.6) is 0 Å². The van der Waals surface area contributed by atoms with Crippen molar-refractivity contribution in [3.05, 3.63) is 0 Å². The van der Waals surface area contributed by atoms with E-state index in [9.17, 15) is 20.1 Å². The minimum absolute atomic E-state index is 0.0652. The molecule has 17 atom stereocenters. The van der Waals surface area contributed by atoms with E-state index in [1.807, 2.05) is 20.8 Å². The Morgan fingerprint density at radius 1 is 1.00 bits per heavy atom. The number of hydrogen-bond donors (Lipinski definition) is 3. The highest BCUT2D eigenvalue weighted by Gasteiger charge is 2.62. The van der Waals surface area contributed by atoms with Gasteiger partial charge in [0.1, 0.15) is 0 Å². The smallest absolute Gasteiger partial charge is 0.308 e. The molecule has 1 spiro atoms. The second kappa shape index (κ2) is 13.1. The molecule has 0 aromatic rings. The van der Waals surface area contributed by atoms with Gasteiger partial charge >= 0.3 is 5.97 Å². The van der Waals surface area contributed by atoms with E-state index in [-0.39, 0.29) is 54.0 Å². The Bertz CT molecular complexity index is 1090. The third kappa shape index (κ3) is 6.43. The Morgan fingerprint density at radius 3 is 2.33 bits per heavy atom. The molecule has 5 saturated heterocycles. The summed E-state index contributed by atoms with van der Waals surface area (Å²) in [6, 6.07) is 0. The average Bonchev–Trinajstić information content (AvgIpc) is 3.69. The molecule has 5 aliphatic heterocycles. The van der Waals surface area contributed by atoms with Gasteiger partial charge in [0.05, 0.1) is 59.8 Å². The van der Waals surface area contributed by atoms with Crippen LogP contribution in [0, 0.1) is 35.5 Å². The van der Waals surface area contributed by atoms with Crippen LogP contribution in [0.2, 0.25) is 0 Å². The predicted molar refractivity (Wildman–Crippen MR) is 171 cm³/mol. The van der Waals surface area contributed by atoms with E-state index < -0.39 is 53.0 Å². The molecule has 10 heteroatoms. The summed E-state index contributed by atoms with van der Waals surface area (Å²) in [6.07, 6.45) is 3.80. The van der Waals surface area contributed by atoms with Crippen LogP contribution in [0.3, 0.4) is 0 Å². The van der Waals surface area contributed by atoms with Crippen LogP contribution in [0.25, 0.3) is 0 Å². The molecule has 46 heavy (non-hydrogen) atoms. The van der Waals surface area contributed by atoms with Crippen molar-refractivity contribution in [1.29, 1.82) is 0 Å². The van der Waals surface area contributed by atoms with Crippen LogP contribution in [0.15, 0.2) is 0 Å². The van der Waals surface area contributed by atoms with Gasteiger partial charge in [0.2, 0.25) is 0 Å². The molecular formula is C36H62O10. The van der Waals surface area contributed by atoms with Crippen molar-refractivity contribution in [3.63, 3.8) is 0 Å². The largest absolute Gasteiger partial charge is 0.481 e. The second-order valence-corrected chi connectivity index (χ2v) is 16.3. The topological polar surface area (TPSA) is 133 Å². The first-order chi connectivity index (χ1) is 21.4. The van der Waals surface area contributed by atoms with Gasteiger partial charge in [-0.1, -0.05) is 41.5 Å². The molecule has 10 nitrogen and oxygen atoms in total. The summed E-state index contributed by atoms with van der Waals surface area (Å²) in [5, 5.41) is 31.9. The number of aliphatic carboxylic acids is 1. The van der Waals surface area contributed by atoms with Crippen molar-refractivity contribution in [3.8, 4) is 0 Å². The van der Waals surface area contributed by atoms with Gasteiger partial charge in [-0.05, 0) is 71.1 Å². The number of ether oxygens (including phenoxy) is 6. The fourth-order valence-electron chi connectivity index (χ4n) is 9.79. The number of carbonyl (C=O) groups is 1. The third-order valence-corrected chi connectivity index (χ3v) is 13.0. The summed E-state index contributed by atoms with van der Waals surface area (Å²) >= 11 is 0. The van der Waals surface area contributed by atoms with E-state index in [0.717, 1.165) is 38.5 Å². The van der Waals surface area contributed by atoms with Crippen LogP contribution in [-0.4, -0.2) is 93.9 Å². The zero-order chi connectivity index (χ0) is 34.0. The van der Waals surface area contributed by atoms with Gasteiger partial charge in [-0.3, -0.25) is 4.79 Å². The van der Waals surface area contributed by atoms with Gasteiger partial charge in [0.15, 0.2) is 11.6 Å². The summed E-state index contributed by atoms with van der Waals surface area (Å²) in [4.78, 5) is 11.8. The van der Waals surface area contributed by atoms with Crippen LogP contribution >= 0.6 is 0 Å². The molecule has 5 heterocycles. The Labute approximate surface area is 276 Å². The highest BCUT2D eigenvalue weighted by atomic mass is 16.7. The first kappa shape index (κ1) is 36.4. The highest BCUT2D eigenvalue weighted by molar-refractivity contribution is 5.70. The fourth-order valence-corrected chi connectivity index (χ4v) is 9.79. The van der Waals surface area contributed by atoms with Gasteiger partial charge in [-0.25, -0.2) is 0 Å².